The Balaban J connectivity index is 1.65. The van der Waals surface area contributed by atoms with Crippen molar-refractivity contribution in [1.29, 1.82) is 0 Å². The number of hydrogen-bond donors (Lipinski definition) is 0. The number of benzene rings is 2. The van der Waals surface area contributed by atoms with E-state index in [1.165, 1.54) is 0 Å². The van der Waals surface area contributed by atoms with Gasteiger partial charge in [-0.05, 0) is 66.5 Å². The molecule has 2 aromatic rings. The summed E-state index contributed by atoms with van der Waals surface area (Å²) in [4.78, 5) is 35.1. The number of rotatable bonds is 16. The van der Waals surface area contributed by atoms with Gasteiger partial charge in [-0.25, -0.2) is 9.59 Å². The molecule has 1 unspecified atom stereocenters. The van der Waals surface area contributed by atoms with Crippen molar-refractivity contribution in [1.82, 2.24) is 0 Å². The van der Waals surface area contributed by atoms with E-state index in [0.717, 1.165) is 22.3 Å². The minimum atomic E-state index is -0.459. The van der Waals surface area contributed by atoms with Crippen molar-refractivity contribution in [2.75, 3.05) is 26.4 Å². The average molecular weight is 589 g/mol. The van der Waals surface area contributed by atoms with E-state index in [0.29, 0.717) is 68.1 Å². The number of ether oxygens (including phenoxy) is 5. The van der Waals surface area contributed by atoms with E-state index >= 15 is 0 Å². The van der Waals surface area contributed by atoms with Gasteiger partial charge >= 0.3 is 17.9 Å². The minimum absolute atomic E-state index is 0.217. The fraction of sp³-hybridized carbons (Fsp3) is 0.343. The van der Waals surface area contributed by atoms with Crippen LogP contribution in [0.15, 0.2) is 85.0 Å². The smallest absolute Gasteiger partial charge is 0.333 e. The molecule has 0 spiro atoms. The van der Waals surface area contributed by atoms with Crippen LogP contribution in [0.2, 0.25) is 0 Å². The number of allylic oxidation sites excluding steroid dienone is 2. The molecule has 0 fully saturated rings. The van der Waals surface area contributed by atoms with Crippen molar-refractivity contribution in [3.05, 3.63) is 96.1 Å². The summed E-state index contributed by atoms with van der Waals surface area (Å²) in [6.07, 6.45) is 5.62. The number of carbonyl (C=O) groups excluding carboxylic acids is 3. The summed E-state index contributed by atoms with van der Waals surface area (Å²) in [5.41, 5.74) is 4.57. The van der Waals surface area contributed by atoms with Crippen molar-refractivity contribution in [2.24, 2.45) is 0 Å². The zero-order valence-electron chi connectivity index (χ0n) is 25.2. The van der Waals surface area contributed by atoms with Crippen molar-refractivity contribution >= 4 is 29.1 Å². The molecule has 43 heavy (non-hydrogen) atoms. The van der Waals surface area contributed by atoms with Crippen LogP contribution in [0.5, 0.6) is 11.5 Å². The number of carbonyl (C=O) groups is 3. The van der Waals surface area contributed by atoms with Crippen molar-refractivity contribution < 1.29 is 38.1 Å². The molecule has 1 aliphatic carbocycles. The Morgan fingerprint density at radius 3 is 1.81 bits per heavy atom. The standard InChI is InChI=1S/C35H40O8/c1-6-33(36)41-19-7-17-39-30-13-9-26(10-14-30)28-21-29(23-32(22-28)43-35(38)25(4)5)27-11-15-31(16-12-27)40-18-8-20-42-34(37)24(2)3/h9-16,21,23,32H,2,4,6-8,17-20,22H2,1,3,5H3. The molecule has 1 atom stereocenters. The first-order valence-electron chi connectivity index (χ1n) is 14.4. The van der Waals surface area contributed by atoms with Crippen LogP contribution in [-0.2, 0) is 28.6 Å². The first-order chi connectivity index (χ1) is 20.7. The van der Waals surface area contributed by atoms with Crippen LogP contribution < -0.4 is 9.47 Å². The van der Waals surface area contributed by atoms with Crippen molar-refractivity contribution in [2.45, 2.75) is 52.6 Å². The fourth-order valence-electron chi connectivity index (χ4n) is 4.05. The van der Waals surface area contributed by atoms with Gasteiger partial charge in [0.1, 0.15) is 17.6 Å². The van der Waals surface area contributed by atoms with Gasteiger partial charge in [0.25, 0.3) is 0 Å². The number of esters is 3. The Morgan fingerprint density at radius 1 is 0.744 bits per heavy atom. The second-order valence-corrected chi connectivity index (χ2v) is 10.2. The van der Waals surface area contributed by atoms with Gasteiger partial charge in [-0.2, -0.15) is 0 Å². The molecule has 0 aromatic heterocycles. The lowest BCUT2D eigenvalue weighted by atomic mass is 9.89. The molecular formula is C35H40O8. The van der Waals surface area contributed by atoms with Crippen LogP contribution in [0, 0.1) is 0 Å². The molecule has 0 aliphatic heterocycles. The second-order valence-electron chi connectivity index (χ2n) is 10.2. The Morgan fingerprint density at radius 2 is 1.28 bits per heavy atom. The molecule has 0 bridgehead atoms. The highest BCUT2D eigenvalue weighted by molar-refractivity contribution is 5.90. The van der Waals surface area contributed by atoms with Gasteiger partial charge in [-0.1, -0.05) is 50.4 Å². The van der Waals surface area contributed by atoms with Crippen LogP contribution in [0.3, 0.4) is 0 Å². The molecular weight excluding hydrogens is 548 g/mol. The lowest BCUT2D eigenvalue weighted by Gasteiger charge is -2.23. The summed E-state index contributed by atoms with van der Waals surface area (Å²) in [6, 6.07) is 15.4. The third kappa shape index (κ3) is 11.0. The molecule has 0 amide bonds. The van der Waals surface area contributed by atoms with Crippen LogP contribution in [0.25, 0.3) is 11.1 Å². The molecule has 3 rings (SSSR count). The van der Waals surface area contributed by atoms with E-state index in [-0.39, 0.29) is 12.6 Å². The predicted octanol–water partition coefficient (Wildman–Crippen LogP) is 6.66. The topological polar surface area (TPSA) is 97.4 Å². The maximum Gasteiger partial charge on any atom is 0.333 e. The summed E-state index contributed by atoms with van der Waals surface area (Å²) in [7, 11) is 0. The average Bonchev–Trinajstić information content (AvgIpc) is 3.00. The van der Waals surface area contributed by atoms with E-state index in [2.05, 4.69) is 19.2 Å². The summed E-state index contributed by atoms with van der Waals surface area (Å²) in [5.74, 6) is 0.351. The monoisotopic (exact) mass is 588 g/mol. The molecule has 1 aliphatic rings. The summed E-state index contributed by atoms with van der Waals surface area (Å²) in [5, 5.41) is 0. The van der Waals surface area contributed by atoms with Crippen LogP contribution >= 0.6 is 0 Å². The Labute approximate surface area is 253 Å². The van der Waals surface area contributed by atoms with Crippen LogP contribution in [0.4, 0.5) is 0 Å². The quantitative estimate of drug-likeness (QED) is 0.0930. The van der Waals surface area contributed by atoms with Gasteiger partial charge in [-0.15, -0.1) is 0 Å². The van der Waals surface area contributed by atoms with Crippen LogP contribution in [-0.4, -0.2) is 50.4 Å². The molecule has 8 nitrogen and oxygen atoms in total. The van der Waals surface area contributed by atoms with Crippen LogP contribution in [0.1, 0.15) is 57.6 Å². The zero-order valence-corrected chi connectivity index (χ0v) is 25.2. The lowest BCUT2D eigenvalue weighted by molar-refractivity contribution is -0.143. The van der Waals surface area contributed by atoms with E-state index in [9.17, 15) is 14.4 Å². The third-order valence-electron chi connectivity index (χ3n) is 6.38. The van der Waals surface area contributed by atoms with Gasteiger partial charge in [0.15, 0.2) is 0 Å². The summed E-state index contributed by atoms with van der Waals surface area (Å²) in [6.45, 7) is 13.7. The first kappa shape index (κ1) is 32.9. The van der Waals surface area contributed by atoms with Gasteiger partial charge in [0.2, 0.25) is 0 Å². The zero-order chi connectivity index (χ0) is 31.2. The highest BCUT2D eigenvalue weighted by Gasteiger charge is 2.21. The Bertz CT molecular complexity index is 1350. The first-order valence-corrected chi connectivity index (χ1v) is 14.4. The Kier molecular flexibility index (Phi) is 12.8. The molecule has 0 heterocycles. The van der Waals surface area contributed by atoms with Crippen molar-refractivity contribution in [3.8, 4) is 11.5 Å². The molecule has 0 saturated carbocycles. The fourth-order valence-corrected chi connectivity index (χ4v) is 4.05. The maximum absolute atomic E-state index is 12.3. The molecule has 0 radical (unpaired) electrons. The molecule has 228 valence electrons. The normalized spacial score (nSPS) is 14.1. The highest BCUT2D eigenvalue weighted by atomic mass is 16.5. The van der Waals surface area contributed by atoms with E-state index in [1.807, 2.05) is 54.6 Å². The second kappa shape index (κ2) is 16.8. The van der Waals surface area contributed by atoms with E-state index in [4.69, 9.17) is 23.7 Å². The molecule has 2 aromatic carbocycles. The molecule has 8 heteroatoms. The predicted molar refractivity (Wildman–Crippen MR) is 165 cm³/mol. The van der Waals surface area contributed by atoms with Gasteiger partial charge in [0.05, 0.1) is 26.4 Å². The summed E-state index contributed by atoms with van der Waals surface area (Å²) >= 11 is 0. The van der Waals surface area contributed by atoms with Gasteiger partial charge < -0.3 is 23.7 Å². The molecule has 0 saturated heterocycles. The SMILES string of the molecule is C=C(C)C(=O)OCCCOc1ccc(C2=CC(OC(=O)C(=C)C)CC(c3ccc(OCCCOC(=O)CC)cc3)=C2)cc1. The molecule has 0 N–H and O–H groups in total. The van der Waals surface area contributed by atoms with Gasteiger partial charge in [-0.3, -0.25) is 4.79 Å². The van der Waals surface area contributed by atoms with E-state index in [1.54, 1.807) is 20.8 Å². The van der Waals surface area contributed by atoms with Gasteiger partial charge in [0, 0.05) is 36.8 Å². The van der Waals surface area contributed by atoms with Crippen molar-refractivity contribution in [3.63, 3.8) is 0 Å². The highest BCUT2D eigenvalue weighted by Crippen LogP contribution is 2.34. The van der Waals surface area contributed by atoms with E-state index < -0.39 is 18.0 Å². The lowest BCUT2D eigenvalue weighted by Crippen LogP contribution is -2.19. The maximum atomic E-state index is 12.3. The Hall–Kier alpha value is -4.59. The largest absolute Gasteiger partial charge is 0.493 e. The summed E-state index contributed by atoms with van der Waals surface area (Å²) < 4.78 is 27.5. The minimum Gasteiger partial charge on any atom is -0.493 e. The third-order valence-corrected chi connectivity index (χ3v) is 6.38. The number of hydrogen-bond acceptors (Lipinski definition) is 8.